The summed E-state index contributed by atoms with van der Waals surface area (Å²) in [5, 5.41) is 0. The van der Waals surface area contributed by atoms with Crippen molar-refractivity contribution in [3.63, 3.8) is 0 Å². The zero-order valence-electron chi connectivity index (χ0n) is 14.7. The molecule has 0 atom stereocenters. The van der Waals surface area contributed by atoms with Gasteiger partial charge in [0.25, 0.3) is 5.78 Å². The second-order valence-corrected chi connectivity index (χ2v) is 5.42. The maximum atomic E-state index is 13.0. The molecule has 2 aromatic carbocycles. The summed E-state index contributed by atoms with van der Waals surface area (Å²) >= 11 is 0. The van der Waals surface area contributed by atoms with Gasteiger partial charge in [-0.2, -0.15) is 13.2 Å². The molecule has 0 unspecified atom stereocenters. The fourth-order valence-corrected chi connectivity index (χ4v) is 2.35. The summed E-state index contributed by atoms with van der Waals surface area (Å²) in [6.07, 6.45) is -4.27. The number of carbonyl (C=O) groups is 2. The molecule has 0 saturated heterocycles. The molecule has 0 fully saturated rings. The van der Waals surface area contributed by atoms with Crippen molar-refractivity contribution in [1.82, 2.24) is 0 Å². The number of methoxy groups -OCH3 is 1. The number of hydrogen-bond donors (Lipinski definition) is 0. The van der Waals surface area contributed by atoms with E-state index in [1.54, 1.807) is 13.0 Å². The van der Waals surface area contributed by atoms with Crippen molar-refractivity contribution in [2.45, 2.75) is 13.1 Å². The normalized spacial score (nSPS) is 11.8. The van der Waals surface area contributed by atoms with E-state index in [0.717, 1.165) is 6.08 Å². The molecule has 0 amide bonds. The third-order valence-electron chi connectivity index (χ3n) is 3.58. The van der Waals surface area contributed by atoms with E-state index in [2.05, 4.69) is 0 Å². The number of alkyl halides is 3. The van der Waals surface area contributed by atoms with Crippen LogP contribution in [0.15, 0.2) is 54.1 Å². The molecule has 2 aromatic rings. The third-order valence-corrected chi connectivity index (χ3v) is 3.58. The van der Waals surface area contributed by atoms with Crippen molar-refractivity contribution in [2.75, 3.05) is 13.7 Å². The number of Topliss-reactive ketones (excluding diaryl/α,β-unsaturated/α-hetero) is 2. The van der Waals surface area contributed by atoms with Crippen molar-refractivity contribution >= 4 is 17.6 Å². The molecule has 0 aliphatic rings. The van der Waals surface area contributed by atoms with Crippen LogP contribution in [0, 0.1) is 0 Å². The summed E-state index contributed by atoms with van der Waals surface area (Å²) in [4.78, 5) is 24.4. The molecule has 0 saturated carbocycles. The van der Waals surface area contributed by atoms with E-state index in [1.807, 2.05) is 0 Å². The summed E-state index contributed by atoms with van der Waals surface area (Å²) < 4.78 is 49.5. The quantitative estimate of drug-likeness (QED) is 0.308. The zero-order chi connectivity index (χ0) is 20.0. The van der Waals surface area contributed by atoms with E-state index in [9.17, 15) is 22.8 Å². The van der Waals surface area contributed by atoms with Crippen LogP contribution in [0.2, 0.25) is 0 Å². The highest BCUT2D eigenvalue weighted by atomic mass is 19.4. The van der Waals surface area contributed by atoms with Gasteiger partial charge in [0.05, 0.1) is 19.3 Å². The molecule has 27 heavy (non-hydrogen) atoms. The highest BCUT2D eigenvalue weighted by Crippen LogP contribution is 2.30. The molecule has 0 aliphatic heterocycles. The summed E-state index contributed by atoms with van der Waals surface area (Å²) in [6.45, 7) is 2.14. The minimum atomic E-state index is -5.17. The van der Waals surface area contributed by atoms with Crippen molar-refractivity contribution in [1.29, 1.82) is 0 Å². The average Bonchev–Trinajstić information content (AvgIpc) is 2.66. The molecule has 0 bridgehead atoms. The lowest BCUT2D eigenvalue weighted by Crippen LogP contribution is -2.28. The topological polar surface area (TPSA) is 52.6 Å². The molecular weight excluding hydrogens is 361 g/mol. The summed E-state index contributed by atoms with van der Waals surface area (Å²) in [5.74, 6) is -2.54. The van der Waals surface area contributed by atoms with Gasteiger partial charge in [0.1, 0.15) is 0 Å². The molecular formula is C20H17F3O4. The number of rotatable bonds is 7. The van der Waals surface area contributed by atoms with E-state index in [1.165, 1.54) is 49.6 Å². The van der Waals surface area contributed by atoms with Gasteiger partial charge in [0.2, 0.25) is 0 Å². The number of ketones is 2. The fourth-order valence-electron chi connectivity index (χ4n) is 2.35. The van der Waals surface area contributed by atoms with E-state index >= 15 is 0 Å². The van der Waals surface area contributed by atoms with Crippen molar-refractivity contribution in [3.8, 4) is 11.5 Å². The van der Waals surface area contributed by atoms with Crippen LogP contribution in [0.25, 0.3) is 6.08 Å². The molecule has 0 spiro atoms. The predicted octanol–water partition coefficient (Wildman–Crippen LogP) is 4.49. The van der Waals surface area contributed by atoms with Crippen LogP contribution >= 0.6 is 0 Å². The predicted molar refractivity (Wildman–Crippen MR) is 94.0 cm³/mol. The third kappa shape index (κ3) is 4.97. The number of carbonyl (C=O) groups excluding carboxylic acids is 2. The SMILES string of the molecule is CCOc1ccc(C=C(C(=O)c2ccccc2)C(=O)C(F)(F)F)cc1OC. The van der Waals surface area contributed by atoms with Crippen molar-refractivity contribution in [3.05, 3.63) is 65.2 Å². The largest absolute Gasteiger partial charge is 0.493 e. The lowest BCUT2D eigenvalue weighted by atomic mass is 9.97. The second-order valence-electron chi connectivity index (χ2n) is 5.42. The van der Waals surface area contributed by atoms with Gasteiger partial charge in [-0.1, -0.05) is 36.4 Å². The molecule has 0 radical (unpaired) electrons. The molecule has 142 valence electrons. The Kier molecular flexibility index (Phi) is 6.39. The fraction of sp³-hybridized carbons (Fsp3) is 0.200. The lowest BCUT2D eigenvalue weighted by molar-refractivity contribution is -0.166. The highest BCUT2D eigenvalue weighted by Gasteiger charge is 2.43. The Balaban J connectivity index is 2.53. The van der Waals surface area contributed by atoms with E-state index in [4.69, 9.17) is 9.47 Å². The standard InChI is InChI=1S/C20H17F3O4/c1-3-27-16-10-9-13(12-17(16)26-2)11-15(19(25)20(21,22)23)18(24)14-7-5-4-6-8-14/h4-12H,3H2,1-2H3. The van der Waals surface area contributed by atoms with Gasteiger partial charge in [-0.15, -0.1) is 0 Å². The van der Waals surface area contributed by atoms with Gasteiger partial charge < -0.3 is 9.47 Å². The van der Waals surface area contributed by atoms with E-state index < -0.39 is 23.3 Å². The van der Waals surface area contributed by atoms with Crippen LogP contribution in [0.3, 0.4) is 0 Å². The first-order valence-corrected chi connectivity index (χ1v) is 8.01. The molecule has 4 nitrogen and oxygen atoms in total. The number of ether oxygens (including phenoxy) is 2. The number of benzene rings is 2. The van der Waals surface area contributed by atoms with Gasteiger partial charge in [0, 0.05) is 5.56 Å². The Labute approximate surface area is 154 Å². The Morgan fingerprint density at radius 2 is 1.70 bits per heavy atom. The van der Waals surface area contributed by atoms with Crippen molar-refractivity contribution < 1.29 is 32.2 Å². The second kappa shape index (κ2) is 8.53. The molecule has 7 heteroatoms. The van der Waals surface area contributed by atoms with Crippen LogP contribution in [0.1, 0.15) is 22.8 Å². The molecule has 0 heterocycles. The van der Waals surface area contributed by atoms with Crippen LogP contribution in [-0.2, 0) is 4.79 Å². The van der Waals surface area contributed by atoms with Gasteiger partial charge in [-0.05, 0) is 30.7 Å². The minimum absolute atomic E-state index is 0.0146. The molecule has 0 N–H and O–H groups in total. The minimum Gasteiger partial charge on any atom is -0.493 e. The van der Waals surface area contributed by atoms with Gasteiger partial charge >= 0.3 is 6.18 Å². The maximum Gasteiger partial charge on any atom is 0.455 e. The van der Waals surface area contributed by atoms with Crippen LogP contribution in [0.5, 0.6) is 11.5 Å². The first kappa shape index (κ1) is 20.2. The highest BCUT2D eigenvalue weighted by molar-refractivity contribution is 6.30. The van der Waals surface area contributed by atoms with Crippen LogP contribution < -0.4 is 9.47 Å². The Hall–Kier alpha value is -3.09. The maximum absolute atomic E-state index is 13.0. The Morgan fingerprint density at radius 3 is 2.26 bits per heavy atom. The van der Waals surface area contributed by atoms with Gasteiger partial charge in [-0.3, -0.25) is 9.59 Å². The van der Waals surface area contributed by atoms with Crippen LogP contribution in [-0.4, -0.2) is 31.5 Å². The molecule has 2 rings (SSSR count). The smallest absolute Gasteiger partial charge is 0.455 e. The first-order valence-electron chi connectivity index (χ1n) is 8.01. The van der Waals surface area contributed by atoms with Crippen LogP contribution in [0.4, 0.5) is 13.2 Å². The van der Waals surface area contributed by atoms with E-state index in [-0.39, 0.29) is 16.9 Å². The number of allylic oxidation sites excluding steroid dienone is 1. The Bertz CT molecular complexity index is 855. The van der Waals surface area contributed by atoms with Crippen molar-refractivity contribution in [2.24, 2.45) is 0 Å². The summed E-state index contributed by atoms with van der Waals surface area (Å²) in [6, 6.07) is 11.6. The number of hydrogen-bond acceptors (Lipinski definition) is 4. The molecule has 0 aromatic heterocycles. The molecule has 0 aliphatic carbocycles. The monoisotopic (exact) mass is 378 g/mol. The number of halogens is 3. The van der Waals surface area contributed by atoms with Gasteiger partial charge in [0.15, 0.2) is 17.3 Å². The van der Waals surface area contributed by atoms with E-state index in [0.29, 0.717) is 12.4 Å². The lowest BCUT2D eigenvalue weighted by Gasteiger charge is -2.11. The average molecular weight is 378 g/mol. The summed E-state index contributed by atoms with van der Waals surface area (Å²) in [7, 11) is 1.38. The zero-order valence-corrected chi connectivity index (χ0v) is 14.7. The first-order chi connectivity index (χ1) is 12.8. The van der Waals surface area contributed by atoms with Gasteiger partial charge in [-0.25, -0.2) is 0 Å². The Morgan fingerprint density at radius 1 is 1.04 bits per heavy atom. The summed E-state index contributed by atoms with van der Waals surface area (Å²) in [5.41, 5.74) is -0.786.